The minimum absolute atomic E-state index is 0.143. The lowest BCUT2D eigenvalue weighted by atomic mass is 9.85. The van der Waals surface area contributed by atoms with E-state index >= 15 is 0 Å². The summed E-state index contributed by atoms with van der Waals surface area (Å²) in [5.41, 5.74) is 12.1. The minimum Gasteiger partial charge on any atom is -0.329 e. The zero-order valence-corrected chi connectivity index (χ0v) is 15.5. The Balaban J connectivity index is 1.95. The van der Waals surface area contributed by atoms with Crippen molar-refractivity contribution < 1.29 is 0 Å². The lowest BCUT2D eigenvalue weighted by Gasteiger charge is -2.21. The second-order valence-electron chi connectivity index (χ2n) is 7.60. The molecule has 0 amide bonds. The van der Waals surface area contributed by atoms with Crippen LogP contribution >= 0.6 is 0 Å². The van der Waals surface area contributed by atoms with Crippen LogP contribution in [0.1, 0.15) is 43.5 Å². The summed E-state index contributed by atoms with van der Waals surface area (Å²) >= 11 is 0. The molecule has 3 heteroatoms. The summed E-state index contributed by atoms with van der Waals surface area (Å²) in [6.07, 6.45) is 0. The first-order valence-corrected chi connectivity index (χ1v) is 8.80. The highest BCUT2D eigenvalue weighted by Gasteiger charge is 2.20. The van der Waals surface area contributed by atoms with E-state index in [4.69, 9.17) is 10.8 Å². The topological polar surface area (TPSA) is 43.8 Å². The molecular weight excluding hydrogens is 306 g/mol. The lowest BCUT2D eigenvalue weighted by molar-refractivity contribution is 0.589. The van der Waals surface area contributed by atoms with Crippen LogP contribution < -0.4 is 5.73 Å². The summed E-state index contributed by atoms with van der Waals surface area (Å²) in [6.45, 7) is 7.25. The quantitative estimate of drug-likeness (QED) is 0.765. The van der Waals surface area contributed by atoms with Gasteiger partial charge < -0.3 is 5.73 Å². The maximum Gasteiger partial charge on any atom is 0.0926 e. The molecule has 3 nitrogen and oxygen atoms in total. The largest absolute Gasteiger partial charge is 0.329 e. The summed E-state index contributed by atoms with van der Waals surface area (Å²) in [4.78, 5) is 0. The lowest BCUT2D eigenvalue weighted by Crippen LogP contribution is -2.17. The van der Waals surface area contributed by atoms with E-state index in [9.17, 15) is 0 Å². The van der Waals surface area contributed by atoms with Gasteiger partial charge in [-0.1, -0.05) is 75.4 Å². The van der Waals surface area contributed by atoms with E-state index in [-0.39, 0.29) is 11.3 Å². The van der Waals surface area contributed by atoms with Gasteiger partial charge in [-0.25, -0.2) is 0 Å². The van der Waals surface area contributed by atoms with Crippen LogP contribution in [0.2, 0.25) is 0 Å². The highest BCUT2D eigenvalue weighted by atomic mass is 15.3. The normalized spacial score (nSPS) is 13.0. The van der Waals surface area contributed by atoms with Crippen LogP contribution in [0.5, 0.6) is 0 Å². The number of hydrogen-bond acceptors (Lipinski definition) is 2. The van der Waals surface area contributed by atoms with Gasteiger partial charge in [0.05, 0.1) is 5.69 Å². The Morgan fingerprint density at radius 3 is 2.20 bits per heavy atom. The Morgan fingerprint density at radius 1 is 1.00 bits per heavy atom. The van der Waals surface area contributed by atoms with Gasteiger partial charge in [0.1, 0.15) is 0 Å². The van der Waals surface area contributed by atoms with E-state index < -0.39 is 0 Å². The third-order valence-corrected chi connectivity index (χ3v) is 4.76. The molecule has 3 rings (SSSR count). The standard InChI is InChI=1S/C22H27N3/c1-22(2,3)18-12-10-16(11-13-18)19(15-23)21-14-20(24-25(21)4)17-8-6-5-7-9-17/h5-14,19H,15,23H2,1-4H3. The summed E-state index contributed by atoms with van der Waals surface area (Å²) < 4.78 is 1.96. The number of benzene rings is 2. The monoisotopic (exact) mass is 333 g/mol. The summed E-state index contributed by atoms with van der Waals surface area (Å²) in [5, 5.41) is 4.69. The molecular formula is C22H27N3. The number of nitrogens with two attached hydrogens (primary N) is 1. The fraction of sp³-hybridized carbons (Fsp3) is 0.318. The number of hydrogen-bond donors (Lipinski definition) is 1. The molecule has 0 saturated carbocycles. The molecule has 0 aliphatic carbocycles. The molecule has 2 N–H and O–H groups in total. The van der Waals surface area contributed by atoms with Gasteiger partial charge in [0, 0.05) is 30.8 Å². The van der Waals surface area contributed by atoms with Gasteiger partial charge >= 0.3 is 0 Å². The van der Waals surface area contributed by atoms with E-state index in [0.29, 0.717) is 6.54 Å². The van der Waals surface area contributed by atoms with E-state index in [1.165, 1.54) is 11.1 Å². The molecule has 2 aromatic carbocycles. The van der Waals surface area contributed by atoms with Gasteiger partial charge in [-0.05, 0) is 22.6 Å². The molecule has 1 heterocycles. The molecule has 1 unspecified atom stereocenters. The van der Waals surface area contributed by atoms with Crippen molar-refractivity contribution in [2.24, 2.45) is 12.8 Å². The molecule has 0 aliphatic heterocycles. The van der Waals surface area contributed by atoms with Gasteiger partial charge in [0.15, 0.2) is 0 Å². The van der Waals surface area contributed by atoms with Crippen LogP contribution in [0.15, 0.2) is 60.7 Å². The SMILES string of the molecule is Cn1nc(-c2ccccc2)cc1C(CN)c1ccc(C(C)(C)C)cc1. The van der Waals surface area contributed by atoms with Crippen molar-refractivity contribution in [2.45, 2.75) is 32.1 Å². The average Bonchev–Trinajstić information content (AvgIpc) is 2.98. The first kappa shape index (κ1) is 17.4. The summed E-state index contributed by atoms with van der Waals surface area (Å²) in [7, 11) is 1.99. The van der Waals surface area contributed by atoms with Crippen molar-refractivity contribution in [2.75, 3.05) is 6.54 Å². The van der Waals surface area contributed by atoms with Crippen LogP contribution in [0.3, 0.4) is 0 Å². The molecule has 130 valence electrons. The molecule has 1 aromatic heterocycles. The Hall–Kier alpha value is -2.39. The van der Waals surface area contributed by atoms with Gasteiger partial charge in [-0.3, -0.25) is 4.68 Å². The fourth-order valence-electron chi connectivity index (χ4n) is 3.20. The maximum absolute atomic E-state index is 6.14. The molecule has 3 aromatic rings. The Bertz CT molecular complexity index is 824. The van der Waals surface area contributed by atoms with Crippen LogP contribution in [-0.2, 0) is 12.5 Å². The highest BCUT2D eigenvalue weighted by Crippen LogP contribution is 2.29. The molecule has 1 atom stereocenters. The number of nitrogens with zero attached hydrogens (tertiary/aromatic N) is 2. The first-order valence-electron chi connectivity index (χ1n) is 8.80. The maximum atomic E-state index is 6.14. The van der Waals surface area contributed by atoms with Gasteiger partial charge in [-0.2, -0.15) is 5.10 Å². The molecule has 0 fully saturated rings. The van der Waals surface area contributed by atoms with Gasteiger partial charge in [0.25, 0.3) is 0 Å². The van der Waals surface area contributed by atoms with E-state index in [1.54, 1.807) is 0 Å². The van der Waals surface area contributed by atoms with E-state index in [2.05, 4.69) is 63.2 Å². The van der Waals surface area contributed by atoms with Crippen molar-refractivity contribution in [3.05, 3.63) is 77.5 Å². The van der Waals surface area contributed by atoms with Crippen molar-refractivity contribution >= 4 is 0 Å². The van der Waals surface area contributed by atoms with Crippen molar-refractivity contribution in [3.8, 4) is 11.3 Å². The predicted molar refractivity (Wildman–Crippen MR) is 105 cm³/mol. The van der Waals surface area contributed by atoms with Crippen LogP contribution in [0, 0.1) is 0 Å². The van der Waals surface area contributed by atoms with Gasteiger partial charge in [-0.15, -0.1) is 0 Å². The molecule has 0 bridgehead atoms. The summed E-state index contributed by atoms with van der Waals surface area (Å²) in [5.74, 6) is 0.143. The van der Waals surface area contributed by atoms with Crippen LogP contribution in [0.25, 0.3) is 11.3 Å². The Morgan fingerprint density at radius 2 is 1.64 bits per heavy atom. The highest BCUT2D eigenvalue weighted by molar-refractivity contribution is 5.59. The smallest absolute Gasteiger partial charge is 0.0926 e. The van der Waals surface area contributed by atoms with Crippen LogP contribution in [0.4, 0.5) is 0 Å². The third-order valence-electron chi connectivity index (χ3n) is 4.76. The second kappa shape index (κ2) is 6.85. The second-order valence-corrected chi connectivity index (χ2v) is 7.60. The van der Waals surface area contributed by atoms with Crippen molar-refractivity contribution in [1.82, 2.24) is 9.78 Å². The van der Waals surface area contributed by atoms with Crippen molar-refractivity contribution in [1.29, 1.82) is 0 Å². The zero-order chi connectivity index (χ0) is 18.0. The molecule has 25 heavy (non-hydrogen) atoms. The fourth-order valence-corrected chi connectivity index (χ4v) is 3.20. The van der Waals surface area contributed by atoms with Crippen LogP contribution in [-0.4, -0.2) is 16.3 Å². The molecule has 0 aliphatic rings. The van der Waals surface area contributed by atoms with Crippen molar-refractivity contribution in [3.63, 3.8) is 0 Å². The van der Waals surface area contributed by atoms with E-state index in [1.807, 2.05) is 29.9 Å². The van der Waals surface area contributed by atoms with Gasteiger partial charge in [0.2, 0.25) is 0 Å². The number of rotatable bonds is 4. The minimum atomic E-state index is 0.143. The average molecular weight is 333 g/mol. The Labute approximate surface area is 150 Å². The first-order chi connectivity index (χ1) is 11.9. The number of aryl methyl sites for hydroxylation is 1. The predicted octanol–water partition coefficient (Wildman–Crippen LogP) is 4.48. The summed E-state index contributed by atoms with van der Waals surface area (Å²) in [6, 6.07) is 21.3. The Kier molecular flexibility index (Phi) is 4.78. The molecule has 0 saturated heterocycles. The molecule has 0 spiro atoms. The molecule has 0 radical (unpaired) electrons. The number of aromatic nitrogens is 2. The van der Waals surface area contributed by atoms with E-state index in [0.717, 1.165) is 17.0 Å². The zero-order valence-electron chi connectivity index (χ0n) is 15.5. The third kappa shape index (κ3) is 3.67.